The minimum atomic E-state index is -2.69. The van der Waals surface area contributed by atoms with Gasteiger partial charge in [-0.1, -0.05) is 13.0 Å². The summed E-state index contributed by atoms with van der Waals surface area (Å²) >= 11 is 0. The van der Waals surface area contributed by atoms with Crippen LogP contribution < -0.4 is 11.1 Å². The van der Waals surface area contributed by atoms with Crippen molar-refractivity contribution in [3.63, 3.8) is 0 Å². The number of hydrogen-bond acceptors (Lipinski definition) is 9. The highest BCUT2D eigenvalue weighted by Gasteiger charge is 2.66. The molecule has 39 heavy (non-hydrogen) atoms. The first kappa shape index (κ1) is 26.9. The van der Waals surface area contributed by atoms with E-state index < -0.39 is 64.7 Å². The Hall–Kier alpha value is -3.64. The molecule has 0 radical (unpaired) electrons. The van der Waals surface area contributed by atoms with Crippen LogP contribution in [0.3, 0.4) is 0 Å². The number of nitrogens with one attached hydrogen (secondary N) is 1. The van der Waals surface area contributed by atoms with Crippen molar-refractivity contribution in [2.75, 3.05) is 26.3 Å². The third kappa shape index (κ3) is 4.13. The number of amides is 3. The number of aryl methyl sites for hydroxylation is 1. The predicted octanol–water partition coefficient (Wildman–Crippen LogP) is -0.569. The number of carbonyl (C=O) groups is 6. The minimum Gasteiger partial charge on any atom is -0.507 e. The number of carbonyl (C=O) groups excluding carboxylic acids is 6. The topological polar surface area (TPSA) is 193 Å². The summed E-state index contributed by atoms with van der Waals surface area (Å²) in [4.78, 5) is 79.2. The Kier molecular flexibility index (Phi) is 6.79. The second-order valence-corrected chi connectivity index (χ2v) is 10.7. The first-order valence-corrected chi connectivity index (χ1v) is 13.1. The smallest absolute Gasteiger partial charge is 0.317 e. The van der Waals surface area contributed by atoms with Gasteiger partial charge in [0, 0.05) is 32.0 Å². The van der Waals surface area contributed by atoms with Crippen LogP contribution in [0.25, 0.3) is 0 Å². The van der Waals surface area contributed by atoms with Gasteiger partial charge in [-0.3, -0.25) is 24.0 Å². The highest BCUT2D eigenvalue weighted by atomic mass is 16.5. The molecular formula is C27H31N3O9. The molecule has 1 aliphatic heterocycles. The summed E-state index contributed by atoms with van der Waals surface area (Å²) in [6.07, 6.45) is 0.142. The number of urea groups is 1. The molecule has 5 rings (SSSR count). The molecular weight excluding hydrogens is 510 g/mol. The van der Waals surface area contributed by atoms with Crippen LogP contribution in [0.5, 0.6) is 5.75 Å². The van der Waals surface area contributed by atoms with Crippen molar-refractivity contribution in [2.45, 2.75) is 44.8 Å². The van der Waals surface area contributed by atoms with E-state index in [1.54, 1.807) is 17.9 Å². The molecule has 1 aromatic carbocycles. The molecule has 1 aromatic rings. The molecule has 4 aliphatic rings. The van der Waals surface area contributed by atoms with E-state index in [0.717, 1.165) is 0 Å². The van der Waals surface area contributed by atoms with Crippen molar-refractivity contribution >= 4 is 35.1 Å². The number of primary amides is 1. The van der Waals surface area contributed by atoms with Crippen LogP contribution in [-0.4, -0.2) is 82.1 Å². The van der Waals surface area contributed by atoms with Crippen molar-refractivity contribution in [2.24, 2.45) is 29.4 Å². The Labute approximate surface area is 223 Å². The van der Waals surface area contributed by atoms with Crippen LogP contribution in [0.4, 0.5) is 4.79 Å². The van der Waals surface area contributed by atoms with Gasteiger partial charge in [-0.05, 0) is 41.9 Å². The van der Waals surface area contributed by atoms with Crippen LogP contribution in [0.1, 0.15) is 46.8 Å². The maximum Gasteiger partial charge on any atom is 0.317 e. The van der Waals surface area contributed by atoms with Gasteiger partial charge in [-0.25, -0.2) is 4.79 Å². The Morgan fingerprint density at radius 1 is 1.13 bits per heavy atom. The zero-order chi connectivity index (χ0) is 28.2. The Bertz CT molecular complexity index is 1300. The Morgan fingerprint density at radius 3 is 2.46 bits per heavy atom. The van der Waals surface area contributed by atoms with Gasteiger partial charge in [0.1, 0.15) is 5.75 Å². The molecule has 0 spiro atoms. The second-order valence-electron chi connectivity index (χ2n) is 10.7. The number of nitrogens with zero attached hydrogens (tertiary/aromatic N) is 1. The molecule has 0 bridgehead atoms. The second kappa shape index (κ2) is 9.83. The van der Waals surface area contributed by atoms with Gasteiger partial charge in [0.15, 0.2) is 34.7 Å². The fourth-order valence-electron chi connectivity index (χ4n) is 6.65. The number of phenols is 1. The highest BCUT2D eigenvalue weighted by molar-refractivity contribution is 6.31. The number of rotatable bonds is 4. The number of Topliss-reactive ketones (excluding diaryl/α,β-unsaturated/α-hetero) is 4. The maximum atomic E-state index is 13.8. The first-order chi connectivity index (χ1) is 18.5. The van der Waals surface area contributed by atoms with E-state index in [0.29, 0.717) is 49.4 Å². The molecule has 3 fully saturated rings. The van der Waals surface area contributed by atoms with E-state index >= 15 is 0 Å². The standard InChI is InChI=1S/C27H31N3O9/c1-2-12-7-14(11-29-26(37)30-3-5-39-6-4-30)16-9-13-8-15-10-17(31)20(25(28)36)24(35)27(15,38)23(34)18(13)22(33)19(16)21(12)32/h7,13,15,18,20,32,38H,2-6,8-11H2,1H3,(H2,28,36)(H,29,37)/t13-,15+,18?,20?,27+/m1/s1. The van der Waals surface area contributed by atoms with Crippen LogP contribution in [0, 0.1) is 23.7 Å². The monoisotopic (exact) mass is 541 g/mol. The first-order valence-electron chi connectivity index (χ1n) is 13.1. The van der Waals surface area contributed by atoms with Crippen LogP contribution >= 0.6 is 0 Å². The summed E-state index contributed by atoms with van der Waals surface area (Å²) in [6, 6.07) is 1.44. The van der Waals surface area contributed by atoms with E-state index in [4.69, 9.17) is 10.5 Å². The summed E-state index contributed by atoms with van der Waals surface area (Å²) in [5.41, 5.74) is 4.02. The molecule has 2 unspecified atom stereocenters. The van der Waals surface area contributed by atoms with Gasteiger partial charge in [0.05, 0.1) is 24.7 Å². The predicted molar refractivity (Wildman–Crippen MR) is 133 cm³/mol. The van der Waals surface area contributed by atoms with E-state index in [9.17, 15) is 39.0 Å². The summed E-state index contributed by atoms with van der Waals surface area (Å²) < 4.78 is 5.28. The molecule has 1 saturated heterocycles. The summed E-state index contributed by atoms with van der Waals surface area (Å²) in [5.74, 6) is -10.5. The summed E-state index contributed by atoms with van der Waals surface area (Å²) in [7, 11) is 0. The van der Waals surface area contributed by atoms with Gasteiger partial charge >= 0.3 is 6.03 Å². The number of aliphatic hydroxyl groups is 1. The molecule has 1 heterocycles. The molecule has 5 N–H and O–H groups in total. The average Bonchev–Trinajstić information content (AvgIpc) is 2.90. The van der Waals surface area contributed by atoms with E-state index in [-0.39, 0.29) is 36.7 Å². The number of phenolic OH excluding ortho intramolecular Hbond substituents is 1. The van der Waals surface area contributed by atoms with E-state index in [1.807, 2.05) is 0 Å². The number of morpholine rings is 1. The lowest BCUT2D eigenvalue weighted by Crippen LogP contribution is -2.68. The lowest BCUT2D eigenvalue weighted by molar-refractivity contribution is -0.175. The third-order valence-corrected chi connectivity index (χ3v) is 8.68. The third-order valence-electron chi connectivity index (χ3n) is 8.68. The minimum absolute atomic E-state index is 0.0108. The zero-order valence-corrected chi connectivity index (χ0v) is 21.5. The van der Waals surface area contributed by atoms with Crippen LogP contribution in [0.2, 0.25) is 0 Å². The molecule has 12 nitrogen and oxygen atoms in total. The van der Waals surface area contributed by atoms with Gasteiger partial charge < -0.3 is 30.9 Å². The average molecular weight is 542 g/mol. The van der Waals surface area contributed by atoms with Gasteiger partial charge in [0.25, 0.3) is 0 Å². The number of hydrogen-bond donors (Lipinski definition) is 4. The molecule has 3 amide bonds. The SMILES string of the molecule is CCc1cc(CNC(=O)N2CCOCC2)c2c(c1O)C(=O)C1C(=O)[C@]3(O)C(=O)C(C(N)=O)C(=O)C[C@@H]3C[C@@H]1C2. The van der Waals surface area contributed by atoms with E-state index in [2.05, 4.69) is 5.32 Å². The van der Waals surface area contributed by atoms with Gasteiger partial charge in [0.2, 0.25) is 5.91 Å². The molecule has 208 valence electrons. The van der Waals surface area contributed by atoms with Gasteiger partial charge in [-0.2, -0.15) is 0 Å². The van der Waals surface area contributed by atoms with Crippen molar-refractivity contribution in [1.82, 2.24) is 10.2 Å². The molecule has 2 saturated carbocycles. The fraction of sp³-hybridized carbons (Fsp3) is 0.556. The van der Waals surface area contributed by atoms with Crippen molar-refractivity contribution in [3.8, 4) is 5.75 Å². The number of ketones is 4. The largest absolute Gasteiger partial charge is 0.507 e. The fourth-order valence-corrected chi connectivity index (χ4v) is 6.65. The number of aromatic hydroxyl groups is 1. The number of fused-ring (bicyclic) bond motifs is 3. The van der Waals surface area contributed by atoms with Crippen LogP contribution in [0.15, 0.2) is 6.07 Å². The molecule has 3 aliphatic carbocycles. The number of benzene rings is 1. The Morgan fingerprint density at radius 2 is 1.82 bits per heavy atom. The quantitative estimate of drug-likeness (QED) is 0.361. The van der Waals surface area contributed by atoms with Crippen molar-refractivity contribution in [1.29, 1.82) is 0 Å². The molecule has 0 aromatic heterocycles. The lowest BCUT2D eigenvalue weighted by Gasteiger charge is -2.48. The van der Waals surface area contributed by atoms with Crippen molar-refractivity contribution in [3.05, 3.63) is 28.3 Å². The van der Waals surface area contributed by atoms with Gasteiger partial charge in [-0.15, -0.1) is 0 Å². The Balaban J connectivity index is 1.50. The zero-order valence-electron chi connectivity index (χ0n) is 21.5. The van der Waals surface area contributed by atoms with Crippen molar-refractivity contribution < 1.29 is 43.7 Å². The number of ether oxygens (including phenoxy) is 1. The van der Waals surface area contributed by atoms with Crippen LogP contribution in [-0.2, 0) is 43.3 Å². The normalized spacial score (nSPS) is 30.4. The van der Waals surface area contributed by atoms with E-state index in [1.165, 1.54) is 0 Å². The number of nitrogens with two attached hydrogens (primary N) is 1. The summed E-state index contributed by atoms with van der Waals surface area (Å²) in [6.45, 7) is 3.63. The molecule has 5 atom stereocenters. The highest BCUT2D eigenvalue weighted by Crippen LogP contribution is 2.50. The summed E-state index contributed by atoms with van der Waals surface area (Å²) in [5, 5.41) is 25.2. The maximum absolute atomic E-state index is 13.8. The molecule has 12 heteroatoms. The lowest BCUT2D eigenvalue weighted by atomic mass is 9.53.